The number of nitrogens with one attached hydrogen (secondary N) is 1. The first kappa shape index (κ1) is 32.8. The van der Waals surface area contributed by atoms with E-state index in [0.29, 0.717) is 31.9 Å². The van der Waals surface area contributed by atoms with E-state index in [1.807, 2.05) is 12.1 Å². The van der Waals surface area contributed by atoms with Gasteiger partial charge >= 0.3 is 0 Å². The van der Waals surface area contributed by atoms with Gasteiger partial charge in [0.15, 0.2) is 0 Å². The van der Waals surface area contributed by atoms with Gasteiger partial charge in [0, 0.05) is 49.6 Å². The number of aryl methyl sites for hydroxylation is 1. The summed E-state index contributed by atoms with van der Waals surface area (Å²) in [5, 5.41) is 11.0. The fourth-order valence-corrected chi connectivity index (χ4v) is 9.32. The SMILES string of the molecule is CN(C)C(=O)CC[C@H]1CC/C=C\[C@H](O)[C@@H]2CC[C@H]2CN2C[C@@]3(CCCc4cc(Cl)ccc43)COc3ccc(cc32)C(=O)NS1(=O)=O. The van der Waals surface area contributed by atoms with Crippen LogP contribution < -0.4 is 14.4 Å². The zero-order valence-corrected chi connectivity index (χ0v) is 28.2. The second-order valence-electron chi connectivity index (χ2n) is 13.7. The molecule has 2 N–H and O–H groups in total. The van der Waals surface area contributed by atoms with Crippen LogP contribution >= 0.6 is 11.6 Å². The number of aliphatic hydroxyl groups is 1. The highest BCUT2D eigenvalue weighted by Gasteiger charge is 2.44. The van der Waals surface area contributed by atoms with Crippen molar-refractivity contribution in [3.8, 4) is 5.75 Å². The number of benzene rings is 2. The summed E-state index contributed by atoms with van der Waals surface area (Å²) >= 11 is 6.40. The molecule has 0 aromatic heterocycles. The van der Waals surface area contributed by atoms with Crippen LogP contribution in [-0.4, -0.2) is 75.4 Å². The lowest BCUT2D eigenvalue weighted by Gasteiger charge is -2.45. The zero-order chi connectivity index (χ0) is 32.6. The third-order valence-electron chi connectivity index (χ3n) is 10.5. The number of hydrogen-bond donors (Lipinski definition) is 2. The van der Waals surface area contributed by atoms with Crippen molar-refractivity contribution >= 4 is 39.1 Å². The number of halogens is 1. The largest absolute Gasteiger partial charge is 0.490 e. The van der Waals surface area contributed by atoms with E-state index in [2.05, 4.69) is 21.8 Å². The number of carbonyl (C=O) groups is 2. The number of hydrogen-bond acceptors (Lipinski definition) is 7. The van der Waals surface area contributed by atoms with E-state index in [1.165, 1.54) is 16.0 Å². The molecule has 0 saturated heterocycles. The molecule has 1 fully saturated rings. The summed E-state index contributed by atoms with van der Waals surface area (Å²) in [6.45, 7) is 1.81. The maximum Gasteiger partial charge on any atom is 0.264 e. The molecule has 0 unspecified atom stereocenters. The molecule has 4 aliphatic rings. The predicted octanol–water partition coefficient (Wildman–Crippen LogP) is 4.85. The molecule has 2 amide bonds. The Balaban J connectivity index is 1.37. The van der Waals surface area contributed by atoms with Crippen molar-refractivity contribution in [1.82, 2.24) is 9.62 Å². The van der Waals surface area contributed by atoms with Gasteiger partial charge in [-0.25, -0.2) is 13.1 Å². The molecular weight excluding hydrogens is 626 g/mol. The van der Waals surface area contributed by atoms with Crippen LogP contribution in [0.4, 0.5) is 5.69 Å². The number of sulfonamides is 1. The predicted molar refractivity (Wildman–Crippen MR) is 179 cm³/mol. The van der Waals surface area contributed by atoms with Gasteiger partial charge in [0.1, 0.15) is 5.75 Å². The summed E-state index contributed by atoms with van der Waals surface area (Å²) in [5.74, 6) is 0.0844. The Hall–Kier alpha value is -3.08. The number of amides is 2. The van der Waals surface area contributed by atoms with Gasteiger partial charge in [0.2, 0.25) is 15.9 Å². The minimum Gasteiger partial charge on any atom is -0.490 e. The molecule has 2 aliphatic carbocycles. The summed E-state index contributed by atoms with van der Waals surface area (Å²) in [6.07, 6.45) is 8.53. The smallest absolute Gasteiger partial charge is 0.264 e. The summed E-state index contributed by atoms with van der Waals surface area (Å²) in [7, 11) is -0.855. The van der Waals surface area contributed by atoms with Crippen molar-refractivity contribution in [3.05, 3.63) is 70.3 Å². The quantitative estimate of drug-likeness (QED) is 0.449. The molecule has 5 atom stereocenters. The normalized spacial score (nSPS) is 29.7. The Kier molecular flexibility index (Phi) is 9.43. The van der Waals surface area contributed by atoms with Crippen LogP contribution in [0.25, 0.3) is 0 Å². The third-order valence-corrected chi connectivity index (χ3v) is 12.6. The number of rotatable bonds is 3. The van der Waals surface area contributed by atoms with E-state index >= 15 is 0 Å². The molecule has 2 heterocycles. The Labute approximate surface area is 277 Å². The first-order valence-electron chi connectivity index (χ1n) is 16.4. The zero-order valence-electron chi connectivity index (χ0n) is 26.6. The highest BCUT2D eigenvalue weighted by Crippen LogP contribution is 2.46. The lowest BCUT2D eigenvalue weighted by Crippen LogP contribution is -2.49. The van der Waals surface area contributed by atoms with Gasteiger partial charge in [-0.05, 0) is 105 Å². The summed E-state index contributed by atoms with van der Waals surface area (Å²) < 4.78 is 36.0. The molecule has 1 saturated carbocycles. The third kappa shape index (κ3) is 6.66. The van der Waals surface area contributed by atoms with Gasteiger partial charge in [-0.1, -0.05) is 29.8 Å². The Bertz CT molecular complexity index is 1630. The number of anilines is 1. The van der Waals surface area contributed by atoms with Crippen LogP contribution in [0.15, 0.2) is 48.6 Å². The first-order chi connectivity index (χ1) is 22.0. The van der Waals surface area contributed by atoms with Crippen LogP contribution in [0.3, 0.4) is 0 Å². The second kappa shape index (κ2) is 13.2. The van der Waals surface area contributed by atoms with Crippen molar-refractivity contribution in [3.63, 3.8) is 0 Å². The van der Waals surface area contributed by atoms with E-state index in [0.717, 1.165) is 42.8 Å². The Morgan fingerprint density at radius 2 is 2.00 bits per heavy atom. The van der Waals surface area contributed by atoms with Crippen molar-refractivity contribution < 1.29 is 27.9 Å². The monoisotopic (exact) mass is 669 g/mol. The Morgan fingerprint density at radius 3 is 2.76 bits per heavy atom. The van der Waals surface area contributed by atoms with E-state index in [4.69, 9.17) is 16.3 Å². The summed E-state index contributed by atoms with van der Waals surface area (Å²) in [6, 6.07) is 11.2. The van der Waals surface area contributed by atoms with Gasteiger partial charge < -0.3 is 19.6 Å². The second-order valence-corrected chi connectivity index (χ2v) is 16.1. The number of fused-ring (bicyclic) bond motifs is 4. The molecule has 248 valence electrons. The minimum atomic E-state index is -4.12. The summed E-state index contributed by atoms with van der Waals surface area (Å²) in [4.78, 5) is 29.6. The molecular formula is C35H44ClN3O6S. The highest BCUT2D eigenvalue weighted by molar-refractivity contribution is 7.90. The van der Waals surface area contributed by atoms with Gasteiger partial charge in [0.05, 0.1) is 23.6 Å². The molecule has 11 heteroatoms. The topological polar surface area (TPSA) is 116 Å². The van der Waals surface area contributed by atoms with Crippen LogP contribution in [-0.2, 0) is 26.7 Å². The van der Waals surface area contributed by atoms with Crippen molar-refractivity contribution in [1.29, 1.82) is 0 Å². The van der Waals surface area contributed by atoms with E-state index in [1.54, 1.807) is 38.4 Å². The van der Waals surface area contributed by atoms with Crippen LogP contribution in [0.1, 0.15) is 72.9 Å². The lowest BCUT2D eigenvalue weighted by atomic mass is 9.68. The molecule has 2 aromatic carbocycles. The highest BCUT2D eigenvalue weighted by atomic mass is 35.5. The number of aliphatic hydroxyl groups excluding tert-OH is 1. The van der Waals surface area contributed by atoms with Gasteiger partial charge in [-0.15, -0.1) is 0 Å². The number of carbonyl (C=O) groups excluding carboxylic acids is 2. The Morgan fingerprint density at radius 1 is 1.17 bits per heavy atom. The van der Waals surface area contributed by atoms with Gasteiger partial charge in [-0.2, -0.15) is 0 Å². The minimum absolute atomic E-state index is 0.0467. The fourth-order valence-electron chi connectivity index (χ4n) is 7.70. The van der Waals surface area contributed by atoms with Crippen molar-refractivity contribution in [2.75, 3.05) is 38.7 Å². The maximum atomic E-state index is 13.6. The van der Waals surface area contributed by atoms with Crippen LogP contribution in [0.5, 0.6) is 5.75 Å². The number of allylic oxidation sites excluding steroid dienone is 1. The maximum absolute atomic E-state index is 13.6. The summed E-state index contributed by atoms with van der Waals surface area (Å²) in [5.41, 5.74) is 3.15. The average molecular weight is 670 g/mol. The molecule has 46 heavy (non-hydrogen) atoms. The van der Waals surface area contributed by atoms with E-state index < -0.39 is 27.3 Å². The van der Waals surface area contributed by atoms with E-state index in [9.17, 15) is 23.1 Å². The van der Waals surface area contributed by atoms with Crippen LogP contribution in [0.2, 0.25) is 5.02 Å². The molecule has 2 aromatic rings. The molecule has 2 aliphatic heterocycles. The van der Waals surface area contributed by atoms with Crippen molar-refractivity contribution in [2.45, 2.75) is 74.6 Å². The lowest BCUT2D eigenvalue weighted by molar-refractivity contribution is -0.128. The molecule has 0 radical (unpaired) electrons. The number of nitrogens with zero attached hydrogens (tertiary/aromatic N) is 2. The molecule has 2 bridgehead atoms. The van der Waals surface area contributed by atoms with Crippen molar-refractivity contribution in [2.24, 2.45) is 11.8 Å². The average Bonchev–Trinajstić information content (AvgIpc) is 3.14. The fraction of sp³-hybridized carbons (Fsp3) is 0.543. The molecule has 1 spiro atoms. The van der Waals surface area contributed by atoms with Gasteiger partial charge in [0.25, 0.3) is 5.91 Å². The van der Waals surface area contributed by atoms with Crippen LogP contribution in [0, 0.1) is 11.8 Å². The van der Waals surface area contributed by atoms with E-state index in [-0.39, 0.29) is 48.0 Å². The number of ether oxygens (including phenoxy) is 1. The standard InChI is InChI=1S/C35H44ClN3O6S/c1-38(2)33(41)16-12-27-7-3-4-8-31(40)28-13-9-25(28)20-39-21-35(17-5-6-23-18-26(36)11-14-29(23)35)22-45-32-15-10-24(19-30(32)39)34(42)37-46(27,43)44/h4,8,10-11,14-15,18-19,25,27-28,31,40H,3,5-7,9,12-13,16-17,20-22H2,1-2H3,(H,37,42)/b8-4-/t25-,27+,28+,31-,35-/m0/s1. The molecule has 6 rings (SSSR count). The molecule has 9 nitrogen and oxygen atoms in total. The first-order valence-corrected chi connectivity index (χ1v) is 18.3. The van der Waals surface area contributed by atoms with Gasteiger partial charge in [-0.3, -0.25) is 9.59 Å².